The summed E-state index contributed by atoms with van der Waals surface area (Å²) in [6.07, 6.45) is 0.271. The van der Waals surface area contributed by atoms with Gasteiger partial charge in [-0.25, -0.2) is 4.79 Å². The fraction of sp³-hybridized carbons (Fsp3) is 0.556. The second kappa shape index (κ2) is 7.27. The highest BCUT2D eigenvalue weighted by Gasteiger charge is 2.37. The van der Waals surface area contributed by atoms with Gasteiger partial charge in [-0.2, -0.15) is 0 Å². The van der Waals surface area contributed by atoms with Crippen molar-refractivity contribution in [2.45, 2.75) is 38.8 Å². The van der Waals surface area contributed by atoms with Gasteiger partial charge in [0.15, 0.2) is 5.75 Å². The molecule has 2 aliphatic rings. The molecule has 0 bridgehead atoms. The van der Waals surface area contributed by atoms with Crippen LogP contribution in [0.1, 0.15) is 37.6 Å². The minimum Gasteiger partial charge on any atom is -0.491 e. The minimum absolute atomic E-state index is 0.112. The molecule has 2 aliphatic heterocycles. The Kier molecular flexibility index (Phi) is 5.40. The third kappa shape index (κ3) is 3.93. The zero-order chi connectivity index (χ0) is 19.1. The molecule has 0 spiro atoms. The second-order valence-electron chi connectivity index (χ2n) is 7.45. The van der Waals surface area contributed by atoms with E-state index in [1.807, 2.05) is 25.7 Å². The Bertz CT molecular complexity index is 735. The number of carbonyl (C=O) groups is 2. The molecule has 1 aromatic rings. The number of amides is 2. The fourth-order valence-corrected chi connectivity index (χ4v) is 3.69. The largest absolute Gasteiger partial charge is 0.491 e. The highest BCUT2D eigenvalue weighted by Crippen LogP contribution is 2.37. The topological polar surface area (TPSA) is 59.1 Å². The van der Waals surface area contributed by atoms with Crippen molar-refractivity contribution in [2.75, 3.05) is 26.2 Å². The van der Waals surface area contributed by atoms with Gasteiger partial charge < -0.3 is 19.3 Å². The average molecular weight is 446 g/mol. The first-order valence-electron chi connectivity index (χ1n) is 8.57. The predicted octanol–water partition coefficient (Wildman–Crippen LogP) is 3.95. The lowest BCUT2D eigenvalue weighted by molar-refractivity contribution is 0.00109. The quantitative estimate of drug-likeness (QED) is 0.607. The zero-order valence-corrected chi connectivity index (χ0v) is 17.4. The molecule has 0 unspecified atom stereocenters. The summed E-state index contributed by atoms with van der Waals surface area (Å²) in [7, 11) is 0. The summed E-state index contributed by atoms with van der Waals surface area (Å²) in [6.45, 7) is 7.27. The summed E-state index contributed by atoms with van der Waals surface area (Å²) in [5, 5.41) is 0.404. The van der Waals surface area contributed by atoms with Crippen LogP contribution >= 0.6 is 27.5 Å². The molecule has 8 heteroatoms. The van der Waals surface area contributed by atoms with E-state index < -0.39 is 5.60 Å². The van der Waals surface area contributed by atoms with Gasteiger partial charge in [0.25, 0.3) is 5.91 Å². The van der Waals surface area contributed by atoms with E-state index in [0.29, 0.717) is 53.5 Å². The normalized spacial score (nSPS) is 20.5. The molecule has 0 radical (unpaired) electrons. The van der Waals surface area contributed by atoms with Crippen LogP contribution in [0.4, 0.5) is 4.79 Å². The molecule has 26 heavy (non-hydrogen) atoms. The first kappa shape index (κ1) is 19.3. The molecule has 1 saturated heterocycles. The van der Waals surface area contributed by atoms with Crippen molar-refractivity contribution >= 4 is 39.5 Å². The first-order chi connectivity index (χ1) is 12.2. The predicted molar refractivity (Wildman–Crippen MR) is 102 cm³/mol. The molecule has 142 valence electrons. The van der Waals surface area contributed by atoms with Crippen LogP contribution in [0.2, 0.25) is 5.02 Å². The summed E-state index contributed by atoms with van der Waals surface area (Å²) < 4.78 is 11.9. The number of halogens is 2. The maximum absolute atomic E-state index is 13.0. The van der Waals surface area contributed by atoms with Crippen LogP contribution in [0.3, 0.4) is 0 Å². The fourth-order valence-electron chi connectivity index (χ4n) is 3.16. The maximum atomic E-state index is 13.0. The van der Waals surface area contributed by atoms with Gasteiger partial charge in [-0.1, -0.05) is 11.6 Å². The van der Waals surface area contributed by atoms with Crippen LogP contribution in [0, 0.1) is 0 Å². The molecule has 1 fully saturated rings. The number of fused-ring (bicyclic) bond motifs is 2. The lowest BCUT2D eigenvalue weighted by atomic mass is 10.0. The van der Waals surface area contributed by atoms with Crippen LogP contribution in [-0.2, 0) is 4.74 Å². The van der Waals surface area contributed by atoms with Crippen LogP contribution in [-0.4, -0.2) is 59.7 Å². The van der Waals surface area contributed by atoms with Crippen LogP contribution < -0.4 is 4.74 Å². The molecule has 1 atom stereocenters. The van der Waals surface area contributed by atoms with Crippen LogP contribution in [0.25, 0.3) is 0 Å². The number of piperazine rings is 1. The van der Waals surface area contributed by atoms with E-state index >= 15 is 0 Å². The van der Waals surface area contributed by atoms with E-state index in [1.165, 1.54) is 0 Å². The average Bonchev–Trinajstić information content (AvgIpc) is 2.55. The molecule has 2 amide bonds. The zero-order valence-electron chi connectivity index (χ0n) is 15.1. The number of hydrogen-bond acceptors (Lipinski definition) is 4. The van der Waals surface area contributed by atoms with E-state index in [4.69, 9.17) is 21.1 Å². The van der Waals surface area contributed by atoms with Crippen LogP contribution in [0.5, 0.6) is 5.75 Å². The van der Waals surface area contributed by atoms with Gasteiger partial charge >= 0.3 is 6.09 Å². The van der Waals surface area contributed by atoms with Gasteiger partial charge in [0.05, 0.1) is 23.2 Å². The van der Waals surface area contributed by atoms with Gasteiger partial charge in [0.1, 0.15) is 5.60 Å². The Balaban J connectivity index is 1.80. The molecular formula is C18H22BrClN2O4. The summed E-state index contributed by atoms with van der Waals surface area (Å²) in [6, 6.07) is 3.35. The Hall–Kier alpha value is -1.47. The van der Waals surface area contributed by atoms with E-state index in [-0.39, 0.29) is 18.0 Å². The van der Waals surface area contributed by atoms with Gasteiger partial charge in [0, 0.05) is 30.5 Å². The SMILES string of the molecule is CC(C)(C)OC(=O)N1CCN2C(=O)c3ccc(Br)c(Cl)c3OCC[C@H]2C1. The van der Waals surface area contributed by atoms with Gasteiger partial charge in [-0.05, 0) is 48.8 Å². The smallest absolute Gasteiger partial charge is 0.410 e. The summed E-state index contributed by atoms with van der Waals surface area (Å²) in [5.41, 5.74) is -0.0921. The molecule has 0 saturated carbocycles. The van der Waals surface area contributed by atoms with E-state index in [0.717, 1.165) is 0 Å². The maximum Gasteiger partial charge on any atom is 0.410 e. The number of benzene rings is 1. The van der Waals surface area contributed by atoms with E-state index in [1.54, 1.807) is 17.0 Å². The number of ether oxygens (including phenoxy) is 2. The summed E-state index contributed by atoms with van der Waals surface area (Å²) in [4.78, 5) is 28.9. The Morgan fingerprint density at radius 3 is 2.77 bits per heavy atom. The molecule has 1 aromatic carbocycles. The van der Waals surface area contributed by atoms with Gasteiger partial charge in [-0.15, -0.1) is 0 Å². The van der Waals surface area contributed by atoms with Crippen molar-refractivity contribution in [2.24, 2.45) is 0 Å². The van der Waals surface area contributed by atoms with Crippen molar-refractivity contribution in [3.63, 3.8) is 0 Å². The molecule has 0 aromatic heterocycles. The van der Waals surface area contributed by atoms with E-state index in [2.05, 4.69) is 15.9 Å². The monoisotopic (exact) mass is 444 g/mol. The molecule has 3 rings (SSSR count). The van der Waals surface area contributed by atoms with Gasteiger partial charge in [-0.3, -0.25) is 4.79 Å². The highest BCUT2D eigenvalue weighted by molar-refractivity contribution is 9.10. The lowest BCUT2D eigenvalue weighted by Gasteiger charge is -2.42. The Morgan fingerprint density at radius 1 is 1.35 bits per heavy atom. The Morgan fingerprint density at radius 2 is 2.08 bits per heavy atom. The second-order valence-corrected chi connectivity index (χ2v) is 8.69. The number of carbonyl (C=O) groups excluding carboxylic acids is 2. The van der Waals surface area contributed by atoms with Gasteiger partial charge in [0.2, 0.25) is 0 Å². The highest BCUT2D eigenvalue weighted by atomic mass is 79.9. The third-order valence-corrected chi connectivity index (χ3v) is 5.64. The lowest BCUT2D eigenvalue weighted by Crippen LogP contribution is -2.58. The van der Waals surface area contributed by atoms with E-state index in [9.17, 15) is 9.59 Å². The van der Waals surface area contributed by atoms with Crippen molar-refractivity contribution < 1.29 is 19.1 Å². The van der Waals surface area contributed by atoms with Crippen molar-refractivity contribution in [3.05, 3.63) is 27.2 Å². The first-order valence-corrected chi connectivity index (χ1v) is 9.74. The van der Waals surface area contributed by atoms with Crippen molar-refractivity contribution in [1.29, 1.82) is 0 Å². The number of nitrogens with zero attached hydrogens (tertiary/aromatic N) is 2. The Labute approximate surface area is 166 Å². The number of rotatable bonds is 0. The minimum atomic E-state index is -0.544. The molecule has 0 N–H and O–H groups in total. The van der Waals surface area contributed by atoms with Crippen LogP contribution in [0.15, 0.2) is 16.6 Å². The van der Waals surface area contributed by atoms with Crippen molar-refractivity contribution in [3.8, 4) is 5.75 Å². The molecule has 2 heterocycles. The molecule has 0 aliphatic carbocycles. The summed E-state index contributed by atoms with van der Waals surface area (Å²) in [5.74, 6) is 0.294. The third-order valence-electron chi connectivity index (χ3n) is 4.37. The number of hydrogen-bond donors (Lipinski definition) is 0. The standard InChI is InChI=1S/C18H22BrClN2O4/c1-18(2,3)26-17(24)21-7-8-22-11(10-21)6-9-25-15-12(16(22)23)4-5-13(19)14(15)20/h4-5,11H,6-10H2,1-3H3/t11-/m0/s1. The summed E-state index contributed by atoms with van der Waals surface area (Å²) >= 11 is 9.65. The molecule has 6 nitrogen and oxygen atoms in total. The van der Waals surface area contributed by atoms with Crippen molar-refractivity contribution in [1.82, 2.24) is 9.80 Å². The molecular weight excluding hydrogens is 424 g/mol.